The molecule has 2 amide bonds. The molecule has 0 saturated carbocycles. The lowest BCUT2D eigenvalue weighted by Gasteiger charge is -2.38. The molecule has 2 aliphatic heterocycles. The number of benzene rings is 1. The summed E-state index contributed by atoms with van der Waals surface area (Å²) in [5.74, 6) is -0.0669. The van der Waals surface area contributed by atoms with Crippen molar-refractivity contribution in [1.82, 2.24) is 9.80 Å². The van der Waals surface area contributed by atoms with Crippen molar-refractivity contribution in [3.05, 3.63) is 35.9 Å². The molecule has 1 aromatic carbocycles. The number of piperidine rings is 1. The Morgan fingerprint density at radius 1 is 1.29 bits per heavy atom. The molecule has 1 atom stereocenters. The van der Waals surface area contributed by atoms with Crippen LogP contribution in [0.1, 0.15) is 31.4 Å². The van der Waals surface area contributed by atoms with Crippen LogP contribution in [0.5, 0.6) is 0 Å². The number of likely N-dealkylation sites (N-methyl/N-ethyl adjacent to an activating group) is 1. The van der Waals surface area contributed by atoms with Gasteiger partial charge in [-0.25, -0.2) is 4.79 Å². The van der Waals surface area contributed by atoms with E-state index in [9.17, 15) is 9.59 Å². The van der Waals surface area contributed by atoms with Gasteiger partial charge in [-0.1, -0.05) is 30.3 Å². The number of amides is 2. The normalized spacial score (nSPS) is 20.5. The average Bonchev–Trinajstić information content (AvgIpc) is 2.90. The number of hydrogen-bond acceptors (Lipinski definition) is 4. The van der Waals surface area contributed by atoms with Gasteiger partial charge < -0.3 is 20.3 Å². The Kier molecular flexibility index (Phi) is 5.72. The number of likely N-dealkylation sites (tertiary alicyclic amines) is 1. The lowest BCUT2D eigenvalue weighted by Crippen LogP contribution is -2.50. The number of rotatable bonds is 3. The third-order valence-corrected chi connectivity index (χ3v) is 4.83. The van der Waals surface area contributed by atoms with E-state index in [0.29, 0.717) is 39.0 Å². The zero-order valence-electron chi connectivity index (χ0n) is 13.8. The van der Waals surface area contributed by atoms with E-state index in [0.717, 1.165) is 5.56 Å². The van der Waals surface area contributed by atoms with Crippen LogP contribution in [0.2, 0.25) is 0 Å². The van der Waals surface area contributed by atoms with E-state index in [4.69, 9.17) is 10.5 Å². The fourth-order valence-corrected chi connectivity index (χ4v) is 3.33. The molecule has 6 nitrogen and oxygen atoms in total. The molecule has 2 fully saturated rings. The van der Waals surface area contributed by atoms with Gasteiger partial charge >= 0.3 is 6.09 Å². The second-order valence-electron chi connectivity index (χ2n) is 6.28. The van der Waals surface area contributed by atoms with Gasteiger partial charge in [0.2, 0.25) is 5.91 Å². The molecular formula is C17H24ClN3O3. The quantitative estimate of drug-likeness (QED) is 0.901. The molecule has 0 aliphatic carbocycles. The van der Waals surface area contributed by atoms with Crippen LogP contribution in [0.3, 0.4) is 0 Å². The topological polar surface area (TPSA) is 75.9 Å². The van der Waals surface area contributed by atoms with Crippen LogP contribution in [0.4, 0.5) is 4.79 Å². The number of ether oxygens (including phenoxy) is 1. The highest BCUT2D eigenvalue weighted by Gasteiger charge is 2.47. The SMILES string of the molecule is CCN1CC2(CCN(C(=O)[C@@H](N)c3ccccc3)CC2)OC1=O.Cl. The van der Waals surface area contributed by atoms with Crippen molar-refractivity contribution in [2.45, 2.75) is 31.4 Å². The van der Waals surface area contributed by atoms with E-state index in [1.165, 1.54) is 0 Å². The minimum atomic E-state index is -0.636. The van der Waals surface area contributed by atoms with Crippen molar-refractivity contribution in [2.75, 3.05) is 26.2 Å². The molecule has 0 radical (unpaired) electrons. The molecule has 2 heterocycles. The number of nitrogens with two attached hydrogens (primary N) is 1. The second-order valence-corrected chi connectivity index (χ2v) is 6.28. The molecule has 3 rings (SSSR count). The summed E-state index contributed by atoms with van der Waals surface area (Å²) < 4.78 is 5.58. The minimum Gasteiger partial charge on any atom is -0.441 e. The van der Waals surface area contributed by atoms with Crippen LogP contribution < -0.4 is 5.73 Å². The van der Waals surface area contributed by atoms with Gasteiger partial charge in [0.1, 0.15) is 11.6 Å². The lowest BCUT2D eigenvalue weighted by atomic mass is 9.90. The van der Waals surface area contributed by atoms with Crippen LogP contribution in [0, 0.1) is 0 Å². The smallest absolute Gasteiger partial charge is 0.410 e. The van der Waals surface area contributed by atoms with E-state index < -0.39 is 11.6 Å². The van der Waals surface area contributed by atoms with Crippen LogP contribution in [0.25, 0.3) is 0 Å². The molecule has 0 bridgehead atoms. The van der Waals surface area contributed by atoms with E-state index >= 15 is 0 Å². The predicted molar refractivity (Wildman–Crippen MR) is 92.9 cm³/mol. The number of hydrogen-bond donors (Lipinski definition) is 1. The lowest BCUT2D eigenvalue weighted by molar-refractivity contribution is -0.136. The molecule has 0 aromatic heterocycles. The van der Waals surface area contributed by atoms with Gasteiger partial charge in [0.05, 0.1) is 6.54 Å². The molecule has 24 heavy (non-hydrogen) atoms. The highest BCUT2D eigenvalue weighted by Crippen LogP contribution is 2.33. The van der Waals surface area contributed by atoms with Gasteiger partial charge in [0.25, 0.3) is 0 Å². The molecule has 132 valence electrons. The minimum absolute atomic E-state index is 0. The summed E-state index contributed by atoms with van der Waals surface area (Å²) in [5, 5.41) is 0. The maximum atomic E-state index is 12.6. The van der Waals surface area contributed by atoms with E-state index in [1.807, 2.05) is 37.3 Å². The van der Waals surface area contributed by atoms with Crippen molar-refractivity contribution in [1.29, 1.82) is 0 Å². The molecule has 1 spiro atoms. The summed E-state index contributed by atoms with van der Waals surface area (Å²) in [6.07, 6.45) is 1.10. The third kappa shape index (κ3) is 3.49. The molecule has 0 unspecified atom stereocenters. The number of carbonyl (C=O) groups is 2. The van der Waals surface area contributed by atoms with Gasteiger partial charge in [-0.05, 0) is 12.5 Å². The zero-order valence-corrected chi connectivity index (χ0v) is 14.6. The molecule has 2 saturated heterocycles. The fraction of sp³-hybridized carbons (Fsp3) is 0.529. The standard InChI is InChI=1S/C17H23N3O3.ClH/c1-2-19-12-17(23-16(19)22)8-10-20(11-9-17)15(21)14(18)13-6-4-3-5-7-13;/h3-7,14H,2,8-12,18H2,1H3;1H/t14-;/m0./s1. The van der Waals surface area contributed by atoms with Gasteiger partial charge in [-0.2, -0.15) is 0 Å². The van der Waals surface area contributed by atoms with Gasteiger partial charge in [0, 0.05) is 32.5 Å². The van der Waals surface area contributed by atoms with Crippen LogP contribution in [-0.2, 0) is 9.53 Å². The van der Waals surface area contributed by atoms with Crippen molar-refractivity contribution >= 4 is 24.4 Å². The van der Waals surface area contributed by atoms with Crippen LogP contribution in [-0.4, -0.2) is 53.6 Å². The van der Waals surface area contributed by atoms with Crippen molar-refractivity contribution in [3.8, 4) is 0 Å². The first kappa shape index (κ1) is 18.5. The Balaban J connectivity index is 0.00000208. The first-order valence-electron chi connectivity index (χ1n) is 8.12. The second kappa shape index (κ2) is 7.40. The zero-order chi connectivity index (χ0) is 16.4. The maximum Gasteiger partial charge on any atom is 0.410 e. The molecular weight excluding hydrogens is 330 g/mol. The van der Waals surface area contributed by atoms with E-state index in [-0.39, 0.29) is 24.4 Å². The number of halogens is 1. The first-order valence-corrected chi connectivity index (χ1v) is 8.12. The van der Waals surface area contributed by atoms with E-state index in [2.05, 4.69) is 0 Å². The van der Waals surface area contributed by atoms with Gasteiger partial charge in [-0.15, -0.1) is 12.4 Å². The highest BCUT2D eigenvalue weighted by atomic mass is 35.5. The first-order chi connectivity index (χ1) is 11.0. The Morgan fingerprint density at radius 2 is 1.92 bits per heavy atom. The van der Waals surface area contributed by atoms with Gasteiger partial charge in [-0.3, -0.25) is 4.79 Å². The Morgan fingerprint density at radius 3 is 2.46 bits per heavy atom. The van der Waals surface area contributed by atoms with Gasteiger partial charge in [0.15, 0.2) is 0 Å². The summed E-state index contributed by atoms with van der Waals surface area (Å²) >= 11 is 0. The molecule has 1 aromatic rings. The average molecular weight is 354 g/mol. The Labute approximate surface area is 148 Å². The summed E-state index contributed by atoms with van der Waals surface area (Å²) in [4.78, 5) is 27.9. The third-order valence-electron chi connectivity index (χ3n) is 4.83. The van der Waals surface area contributed by atoms with Crippen molar-refractivity contribution < 1.29 is 14.3 Å². The summed E-state index contributed by atoms with van der Waals surface area (Å²) in [7, 11) is 0. The Hall–Kier alpha value is -1.79. The molecule has 2 aliphatic rings. The van der Waals surface area contributed by atoms with Crippen LogP contribution >= 0.6 is 12.4 Å². The highest BCUT2D eigenvalue weighted by molar-refractivity contribution is 5.85. The van der Waals surface area contributed by atoms with Crippen LogP contribution in [0.15, 0.2) is 30.3 Å². The number of nitrogens with zero attached hydrogens (tertiary/aromatic N) is 2. The monoisotopic (exact) mass is 353 g/mol. The van der Waals surface area contributed by atoms with E-state index in [1.54, 1.807) is 9.80 Å². The predicted octanol–water partition coefficient (Wildman–Crippen LogP) is 1.94. The summed E-state index contributed by atoms with van der Waals surface area (Å²) in [6, 6.07) is 8.76. The summed E-state index contributed by atoms with van der Waals surface area (Å²) in [6.45, 7) is 4.36. The Bertz CT molecular complexity index is 588. The maximum absolute atomic E-state index is 12.6. The summed E-state index contributed by atoms with van der Waals surface area (Å²) in [5.41, 5.74) is 6.49. The number of carbonyl (C=O) groups excluding carboxylic acids is 2. The van der Waals surface area contributed by atoms with Crippen molar-refractivity contribution in [2.24, 2.45) is 5.73 Å². The fourth-order valence-electron chi connectivity index (χ4n) is 3.33. The van der Waals surface area contributed by atoms with Crippen molar-refractivity contribution in [3.63, 3.8) is 0 Å². The largest absolute Gasteiger partial charge is 0.441 e. The molecule has 2 N–H and O–H groups in total. The molecule has 7 heteroatoms.